The summed E-state index contributed by atoms with van der Waals surface area (Å²) < 4.78 is 0. The number of hydrogen-bond donors (Lipinski definition) is 0. The monoisotopic (exact) mass is 274 g/mol. The summed E-state index contributed by atoms with van der Waals surface area (Å²) in [6.45, 7) is 0. The Bertz CT molecular complexity index is 426. The molecule has 18 heavy (non-hydrogen) atoms. The molecule has 0 fully saturated rings. The number of hydrogen-bond acceptors (Lipinski definition) is 4. The summed E-state index contributed by atoms with van der Waals surface area (Å²) in [5.74, 6) is 1.92. The third-order valence-electron chi connectivity index (χ3n) is 2.10. The average Bonchev–Trinajstić information content (AvgIpc) is 2.45. The Hall–Kier alpha value is -1.26. The first-order valence-electron chi connectivity index (χ1n) is 5.68. The van der Waals surface area contributed by atoms with Crippen LogP contribution < -0.4 is 0 Å². The minimum absolute atomic E-state index is 0.958. The molecule has 0 aromatic carbocycles. The van der Waals surface area contributed by atoms with Gasteiger partial charge in [-0.1, -0.05) is 24.3 Å². The van der Waals surface area contributed by atoms with E-state index in [-0.39, 0.29) is 0 Å². The van der Waals surface area contributed by atoms with Crippen molar-refractivity contribution in [2.24, 2.45) is 0 Å². The van der Waals surface area contributed by atoms with Crippen molar-refractivity contribution in [3.8, 4) is 0 Å². The van der Waals surface area contributed by atoms with E-state index < -0.39 is 0 Å². The Morgan fingerprint density at radius 1 is 0.778 bits per heavy atom. The highest BCUT2D eigenvalue weighted by atomic mass is 32.2. The topological polar surface area (TPSA) is 25.8 Å². The Balaban J connectivity index is 1.64. The molecule has 0 spiro atoms. The SMILES string of the molecule is C(=C\CSc1ccccn1)/CSc1ccccn1. The van der Waals surface area contributed by atoms with Gasteiger partial charge in [0.15, 0.2) is 0 Å². The van der Waals surface area contributed by atoms with E-state index in [9.17, 15) is 0 Å². The van der Waals surface area contributed by atoms with Gasteiger partial charge < -0.3 is 0 Å². The summed E-state index contributed by atoms with van der Waals surface area (Å²) in [6.07, 6.45) is 8.00. The van der Waals surface area contributed by atoms with Crippen LogP contribution in [0.3, 0.4) is 0 Å². The van der Waals surface area contributed by atoms with Gasteiger partial charge in [0.05, 0.1) is 10.1 Å². The summed E-state index contributed by atoms with van der Waals surface area (Å²) in [5.41, 5.74) is 0. The molecule has 0 bridgehead atoms. The van der Waals surface area contributed by atoms with Gasteiger partial charge in [-0.3, -0.25) is 0 Å². The van der Waals surface area contributed by atoms with Gasteiger partial charge in [-0.2, -0.15) is 0 Å². The van der Waals surface area contributed by atoms with E-state index in [1.54, 1.807) is 23.5 Å². The zero-order valence-corrected chi connectivity index (χ0v) is 11.5. The van der Waals surface area contributed by atoms with Crippen LogP contribution in [0.15, 0.2) is 71.0 Å². The highest BCUT2D eigenvalue weighted by Gasteiger charge is 1.91. The molecule has 2 aromatic rings. The molecular formula is C14H14N2S2. The lowest BCUT2D eigenvalue weighted by atomic mass is 10.5. The van der Waals surface area contributed by atoms with Crippen molar-refractivity contribution >= 4 is 23.5 Å². The molecular weight excluding hydrogens is 260 g/mol. The smallest absolute Gasteiger partial charge is 0.0962 e. The number of nitrogens with zero attached hydrogens (tertiary/aromatic N) is 2. The van der Waals surface area contributed by atoms with Crippen molar-refractivity contribution in [3.05, 3.63) is 60.9 Å². The molecule has 4 heteroatoms. The number of aromatic nitrogens is 2. The third kappa shape index (κ3) is 4.94. The molecule has 0 N–H and O–H groups in total. The van der Waals surface area contributed by atoms with E-state index in [1.165, 1.54) is 0 Å². The molecule has 2 rings (SSSR count). The van der Waals surface area contributed by atoms with Crippen LogP contribution in [0.5, 0.6) is 0 Å². The second-order valence-corrected chi connectivity index (χ2v) is 5.51. The summed E-state index contributed by atoms with van der Waals surface area (Å²) >= 11 is 3.49. The Morgan fingerprint density at radius 3 is 1.67 bits per heavy atom. The zero-order valence-electron chi connectivity index (χ0n) is 9.90. The molecule has 0 unspecified atom stereocenters. The average molecular weight is 274 g/mol. The van der Waals surface area contributed by atoms with Gasteiger partial charge >= 0.3 is 0 Å². The Labute approximate surface area is 116 Å². The predicted octanol–water partition coefficient (Wildman–Crippen LogP) is 3.92. The number of rotatable bonds is 6. The lowest BCUT2D eigenvalue weighted by molar-refractivity contribution is 1.14. The third-order valence-corrected chi connectivity index (χ3v) is 3.89. The fourth-order valence-corrected chi connectivity index (χ4v) is 2.69. The van der Waals surface area contributed by atoms with Crippen molar-refractivity contribution in [2.45, 2.75) is 10.1 Å². The second kappa shape index (κ2) is 7.95. The predicted molar refractivity (Wildman–Crippen MR) is 79.1 cm³/mol. The van der Waals surface area contributed by atoms with Crippen molar-refractivity contribution in [1.29, 1.82) is 0 Å². The minimum Gasteiger partial charge on any atom is -0.250 e. The molecule has 92 valence electrons. The van der Waals surface area contributed by atoms with Crippen molar-refractivity contribution in [1.82, 2.24) is 9.97 Å². The lowest BCUT2D eigenvalue weighted by Crippen LogP contribution is -1.80. The molecule has 0 aliphatic carbocycles. The summed E-state index contributed by atoms with van der Waals surface area (Å²) in [6, 6.07) is 11.9. The quantitative estimate of drug-likeness (QED) is 0.589. The minimum atomic E-state index is 0.958. The highest BCUT2D eigenvalue weighted by molar-refractivity contribution is 7.99. The van der Waals surface area contributed by atoms with Gasteiger partial charge in [0.1, 0.15) is 0 Å². The van der Waals surface area contributed by atoms with Crippen LogP contribution >= 0.6 is 23.5 Å². The molecule has 0 aliphatic heterocycles. The van der Waals surface area contributed by atoms with E-state index in [0.717, 1.165) is 21.6 Å². The fourth-order valence-electron chi connectivity index (χ4n) is 1.27. The molecule has 0 aliphatic rings. The lowest BCUT2D eigenvalue weighted by Gasteiger charge is -1.96. The van der Waals surface area contributed by atoms with Gasteiger partial charge in [-0.05, 0) is 24.3 Å². The van der Waals surface area contributed by atoms with Gasteiger partial charge in [0.25, 0.3) is 0 Å². The maximum Gasteiger partial charge on any atom is 0.0962 e. The normalized spacial score (nSPS) is 10.9. The van der Waals surface area contributed by atoms with Crippen LogP contribution in [0.1, 0.15) is 0 Å². The maximum atomic E-state index is 4.26. The second-order valence-electron chi connectivity index (χ2n) is 3.43. The van der Waals surface area contributed by atoms with E-state index >= 15 is 0 Å². The van der Waals surface area contributed by atoms with Crippen molar-refractivity contribution in [2.75, 3.05) is 11.5 Å². The number of thioether (sulfide) groups is 2. The van der Waals surface area contributed by atoms with E-state index in [1.807, 2.05) is 48.8 Å². The molecule has 0 saturated heterocycles. The standard InChI is InChI=1S/C14H14N2S2/c1-3-9-15-13(7-1)17-11-5-6-12-18-14-8-2-4-10-16-14/h1-10H,11-12H2/b6-5+. The van der Waals surface area contributed by atoms with Crippen molar-refractivity contribution in [3.63, 3.8) is 0 Å². The molecule has 0 atom stereocenters. The van der Waals surface area contributed by atoms with E-state index in [2.05, 4.69) is 22.1 Å². The highest BCUT2D eigenvalue weighted by Crippen LogP contribution is 2.16. The molecule has 2 heterocycles. The van der Waals surface area contributed by atoms with Crippen LogP contribution in [-0.2, 0) is 0 Å². The Kier molecular flexibility index (Phi) is 5.82. The summed E-state index contributed by atoms with van der Waals surface area (Å²) in [5, 5.41) is 2.14. The van der Waals surface area contributed by atoms with Crippen molar-refractivity contribution < 1.29 is 0 Å². The largest absolute Gasteiger partial charge is 0.250 e. The van der Waals surface area contributed by atoms with Crippen LogP contribution in [0.4, 0.5) is 0 Å². The first-order chi connectivity index (χ1) is 8.95. The molecule has 0 amide bonds. The van der Waals surface area contributed by atoms with Crippen LogP contribution in [0.2, 0.25) is 0 Å². The van der Waals surface area contributed by atoms with Crippen LogP contribution in [0.25, 0.3) is 0 Å². The molecule has 2 aromatic heterocycles. The summed E-state index contributed by atoms with van der Waals surface area (Å²) in [7, 11) is 0. The molecule has 0 radical (unpaired) electrons. The van der Waals surface area contributed by atoms with Crippen LogP contribution in [-0.4, -0.2) is 21.5 Å². The molecule has 2 nitrogen and oxygen atoms in total. The maximum absolute atomic E-state index is 4.26. The fraction of sp³-hybridized carbons (Fsp3) is 0.143. The van der Waals surface area contributed by atoms with Crippen LogP contribution in [0, 0.1) is 0 Å². The van der Waals surface area contributed by atoms with Gasteiger partial charge in [0, 0.05) is 23.9 Å². The van der Waals surface area contributed by atoms with Gasteiger partial charge in [-0.15, -0.1) is 23.5 Å². The zero-order chi connectivity index (χ0) is 12.5. The van der Waals surface area contributed by atoms with Gasteiger partial charge in [-0.25, -0.2) is 9.97 Å². The van der Waals surface area contributed by atoms with E-state index in [4.69, 9.17) is 0 Å². The number of pyridine rings is 2. The molecule has 0 saturated carbocycles. The first kappa shape index (κ1) is 13.2. The Morgan fingerprint density at radius 2 is 1.28 bits per heavy atom. The van der Waals surface area contributed by atoms with E-state index in [0.29, 0.717) is 0 Å². The first-order valence-corrected chi connectivity index (χ1v) is 7.65. The summed E-state index contributed by atoms with van der Waals surface area (Å²) in [4.78, 5) is 8.52. The van der Waals surface area contributed by atoms with Gasteiger partial charge in [0.2, 0.25) is 0 Å².